The number of hydrogen-bond acceptors (Lipinski definition) is 3. The number of pyridine rings is 1. The van der Waals surface area contributed by atoms with E-state index in [9.17, 15) is 4.79 Å². The van der Waals surface area contributed by atoms with E-state index in [1.165, 1.54) is 5.56 Å². The lowest BCUT2D eigenvalue weighted by molar-refractivity contribution is 0.0953. The molecule has 3 rings (SSSR count). The van der Waals surface area contributed by atoms with Gasteiger partial charge >= 0.3 is 0 Å². The number of benzene rings is 2. The fraction of sp³-hybridized carbons (Fsp3) is 0.182. The van der Waals surface area contributed by atoms with Gasteiger partial charge in [-0.2, -0.15) is 0 Å². The number of halogens is 1. The molecule has 0 fully saturated rings. The molecule has 0 atom stereocenters. The van der Waals surface area contributed by atoms with Gasteiger partial charge in [-0.05, 0) is 55.2 Å². The first-order chi connectivity index (χ1) is 13.1. The largest absolute Gasteiger partial charge is 0.354 e. The first-order valence-electron chi connectivity index (χ1n) is 8.92. The van der Waals surface area contributed by atoms with Crippen LogP contribution >= 0.6 is 11.6 Å². The number of nitrogens with zero attached hydrogens (tertiary/aromatic N) is 1. The van der Waals surface area contributed by atoms with Crippen LogP contribution in [0.4, 0.5) is 11.4 Å². The monoisotopic (exact) mass is 379 g/mol. The summed E-state index contributed by atoms with van der Waals surface area (Å²) >= 11 is 5.99. The number of carbonyl (C=O) groups is 1. The van der Waals surface area contributed by atoms with Gasteiger partial charge in [0.2, 0.25) is 0 Å². The number of rotatable bonds is 7. The molecule has 2 N–H and O–H groups in total. The van der Waals surface area contributed by atoms with Crippen molar-refractivity contribution < 1.29 is 4.79 Å². The molecule has 0 spiro atoms. The fourth-order valence-corrected chi connectivity index (χ4v) is 3.02. The maximum absolute atomic E-state index is 12.4. The molecule has 0 radical (unpaired) electrons. The van der Waals surface area contributed by atoms with Crippen LogP contribution < -0.4 is 10.6 Å². The highest BCUT2D eigenvalue weighted by Crippen LogP contribution is 2.23. The Kier molecular flexibility index (Phi) is 6.44. The Labute approximate surface area is 164 Å². The van der Waals surface area contributed by atoms with E-state index in [1.54, 1.807) is 18.5 Å². The Morgan fingerprint density at radius 3 is 2.67 bits per heavy atom. The van der Waals surface area contributed by atoms with Gasteiger partial charge in [0.25, 0.3) is 5.91 Å². The van der Waals surface area contributed by atoms with Gasteiger partial charge in [-0.1, -0.05) is 41.9 Å². The van der Waals surface area contributed by atoms with Gasteiger partial charge in [0.05, 0.1) is 17.4 Å². The lowest BCUT2D eigenvalue weighted by atomic mass is 10.1. The summed E-state index contributed by atoms with van der Waals surface area (Å²) in [4.78, 5) is 16.6. The van der Waals surface area contributed by atoms with Gasteiger partial charge in [-0.3, -0.25) is 9.78 Å². The van der Waals surface area contributed by atoms with Crippen molar-refractivity contribution in [1.29, 1.82) is 0 Å². The topological polar surface area (TPSA) is 54.0 Å². The Morgan fingerprint density at radius 2 is 1.89 bits per heavy atom. The zero-order valence-electron chi connectivity index (χ0n) is 15.2. The summed E-state index contributed by atoms with van der Waals surface area (Å²) in [5.74, 6) is -0.118. The van der Waals surface area contributed by atoms with Crippen LogP contribution in [0, 0.1) is 6.92 Å². The van der Waals surface area contributed by atoms with Crippen LogP contribution in [-0.2, 0) is 6.42 Å². The molecule has 0 aliphatic rings. The second-order valence-electron chi connectivity index (χ2n) is 6.39. The van der Waals surface area contributed by atoms with Crippen LogP contribution in [0.15, 0.2) is 67.0 Å². The molecule has 0 saturated carbocycles. The van der Waals surface area contributed by atoms with Gasteiger partial charge in [-0.15, -0.1) is 0 Å². The minimum absolute atomic E-state index is 0.118. The van der Waals surface area contributed by atoms with Gasteiger partial charge in [0.1, 0.15) is 0 Å². The standard InChI is InChI=1S/C22H22ClN3O/c1-16-12-19(23)9-10-21(16)26-20-13-18(14-24-15-20)22(27)25-11-5-8-17-6-3-2-4-7-17/h2-4,6-7,9-10,12-15,26H,5,8,11H2,1H3,(H,25,27). The lowest BCUT2D eigenvalue weighted by Crippen LogP contribution is -2.25. The van der Waals surface area contributed by atoms with E-state index in [1.807, 2.05) is 43.3 Å². The second-order valence-corrected chi connectivity index (χ2v) is 6.83. The van der Waals surface area contributed by atoms with Crippen molar-refractivity contribution in [2.24, 2.45) is 0 Å². The predicted octanol–water partition coefficient (Wildman–Crippen LogP) is 5.15. The smallest absolute Gasteiger partial charge is 0.252 e. The summed E-state index contributed by atoms with van der Waals surface area (Å²) in [6, 6.07) is 17.7. The summed E-state index contributed by atoms with van der Waals surface area (Å²) in [5, 5.41) is 6.93. The third-order valence-corrected chi connectivity index (χ3v) is 4.47. The van der Waals surface area contributed by atoms with Gasteiger partial charge in [-0.25, -0.2) is 0 Å². The van der Waals surface area contributed by atoms with Crippen molar-refractivity contribution >= 4 is 28.9 Å². The van der Waals surface area contributed by atoms with Crippen LogP contribution in [0.3, 0.4) is 0 Å². The summed E-state index contributed by atoms with van der Waals surface area (Å²) in [7, 11) is 0. The highest BCUT2D eigenvalue weighted by Gasteiger charge is 2.07. The molecule has 0 unspecified atom stereocenters. The Balaban J connectivity index is 1.55. The quantitative estimate of drug-likeness (QED) is 0.558. The third-order valence-electron chi connectivity index (χ3n) is 4.24. The van der Waals surface area contributed by atoms with Crippen molar-refractivity contribution in [3.63, 3.8) is 0 Å². The molecule has 1 heterocycles. The van der Waals surface area contributed by atoms with Crippen molar-refractivity contribution in [1.82, 2.24) is 10.3 Å². The van der Waals surface area contributed by atoms with Crippen LogP contribution in [0.1, 0.15) is 27.9 Å². The number of hydrogen-bond donors (Lipinski definition) is 2. The van der Waals surface area contributed by atoms with Crippen LogP contribution in [0.25, 0.3) is 0 Å². The summed E-state index contributed by atoms with van der Waals surface area (Å²) in [6.07, 6.45) is 5.11. The molecule has 0 aliphatic heterocycles. The van der Waals surface area contributed by atoms with Gasteiger partial charge in [0.15, 0.2) is 0 Å². The Morgan fingerprint density at radius 1 is 1.07 bits per heavy atom. The van der Waals surface area contributed by atoms with Crippen molar-refractivity contribution in [2.75, 3.05) is 11.9 Å². The first kappa shape index (κ1) is 18.9. The van der Waals surface area contributed by atoms with E-state index < -0.39 is 0 Å². The zero-order chi connectivity index (χ0) is 19.1. The molecule has 27 heavy (non-hydrogen) atoms. The number of amides is 1. The average molecular weight is 380 g/mol. The first-order valence-corrected chi connectivity index (χ1v) is 9.30. The molecular formula is C22H22ClN3O. The maximum atomic E-state index is 12.4. The minimum atomic E-state index is -0.118. The summed E-state index contributed by atoms with van der Waals surface area (Å²) in [6.45, 7) is 2.60. The van der Waals surface area contributed by atoms with Crippen molar-refractivity contribution in [3.8, 4) is 0 Å². The number of anilines is 2. The van der Waals surface area contributed by atoms with Gasteiger partial charge in [0, 0.05) is 23.5 Å². The molecule has 138 valence electrons. The van der Waals surface area contributed by atoms with Crippen LogP contribution in [-0.4, -0.2) is 17.4 Å². The highest BCUT2D eigenvalue weighted by atomic mass is 35.5. The molecule has 5 heteroatoms. The molecule has 1 aromatic heterocycles. The maximum Gasteiger partial charge on any atom is 0.252 e. The predicted molar refractivity (Wildman–Crippen MR) is 111 cm³/mol. The number of carbonyl (C=O) groups excluding carboxylic acids is 1. The van der Waals surface area contributed by atoms with Crippen molar-refractivity contribution in [2.45, 2.75) is 19.8 Å². The molecule has 2 aromatic carbocycles. The number of nitrogens with one attached hydrogen (secondary N) is 2. The molecule has 1 amide bonds. The van der Waals surface area contributed by atoms with E-state index >= 15 is 0 Å². The zero-order valence-corrected chi connectivity index (χ0v) is 16.0. The van der Waals surface area contributed by atoms with E-state index in [0.717, 1.165) is 29.8 Å². The second kappa shape index (κ2) is 9.19. The summed E-state index contributed by atoms with van der Waals surface area (Å²) in [5.41, 5.74) is 4.53. The molecule has 3 aromatic rings. The van der Waals surface area contributed by atoms with E-state index in [0.29, 0.717) is 17.1 Å². The summed E-state index contributed by atoms with van der Waals surface area (Å²) < 4.78 is 0. The number of aryl methyl sites for hydroxylation is 2. The number of aromatic nitrogens is 1. The molecule has 4 nitrogen and oxygen atoms in total. The van der Waals surface area contributed by atoms with Gasteiger partial charge < -0.3 is 10.6 Å². The van der Waals surface area contributed by atoms with Crippen LogP contribution in [0.2, 0.25) is 5.02 Å². The van der Waals surface area contributed by atoms with E-state index in [-0.39, 0.29) is 5.91 Å². The molecule has 0 saturated heterocycles. The van der Waals surface area contributed by atoms with Crippen LogP contribution in [0.5, 0.6) is 0 Å². The van der Waals surface area contributed by atoms with Crippen molar-refractivity contribution in [3.05, 3.63) is 88.7 Å². The average Bonchev–Trinajstić information content (AvgIpc) is 2.68. The Bertz CT molecular complexity index is 912. The molecule has 0 aliphatic carbocycles. The third kappa shape index (κ3) is 5.56. The lowest BCUT2D eigenvalue weighted by Gasteiger charge is -2.11. The Hall–Kier alpha value is -2.85. The molecular weight excluding hydrogens is 358 g/mol. The normalized spacial score (nSPS) is 10.4. The van der Waals surface area contributed by atoms with E-state index in [4.69, 9.17) is 11.6 Å². The minimum Gasteiger partial charge on any atom is -0.354 e. The SMILES string of the molecule is Cc1cc(Cl)ccc1Nc1cncc(C(=O)NCCCc2ccccc2)c1. The fourth-order valence-electron chi connectivity index (χ4n) is 2.80. The molecule has 0 bridgehead atoms. The van der Waals surface area contributed by atoms with E-state index in [2.05, 4.69) is 27.8 Å². The highest BCUT2D eigenvalue weighted by molar-refractivity contribution is 6.30.